The molecule has 4 bridgehead atoms. The first-order valence-corrected chi connectivity index (χ1v) is 10.8. The molecule has 9 unspecified atom stereocenters. The van der Waals surface area contributed by atoms with Gasteiger partial charge in [0.2, 0.25) is 11.8 Å². The normalized spacial score (nSPS) is 40.6. The fourth-order valence-electron chi connectivity index (χ4n) is 6.81. The average Bonchev–Trinajstić information content (AvgIpc) is 3.44. The number of hydrogen-bond acceptors (Lipinski definition) is 4. The van der Waals surface area contributed by atoms with E-state index < -0.39 is 35.6 Å². The van der Waals surface area contributed by atoms with Crippen molar-refractivity contribution in [3.05, 3.63) is 0 Å². The zero-order chi connectivity index (χ0) is 20.9. The number of hydrogen-bond donors (Lipinski definition) is 4. The molecule has 8 nitrogen and oxygen atoms in total. The van der Waals surface area contributed by atoms with Crippen LogP contribution in [-0.2, 0) is 19.2 Å². The van der Waals surface area contributed by atoms with Crippen molar-refractivity contribution in [3.63, 3.8) is 0 Å². The van der Waals surface area contributed by atoms with E-state index in [0.717, 1.165) is 38.5 Å². The molecule has 0 aromatic heterocycles. The summed E-state index contributed by atoms with van der Waals surface area (Å²) in [5.41, 5.74) is 0. The molecule has 0 saturated heterocycles. The Morgan fingerprint density at radius 3 is 1.62 bits per heavy atom. The lowest BCUT2D eigenvalue weighted by Gasteiger charge is -2.29. The van der Waals surface area contributed by atoms with E-state index in [4.69, 9.17) is 0 Å². The van der Waals surface area contributed by atoms with Crippen LogP contribution in [0.2, 0.25) is 0 Å². The largest absolute Gasteiger partial charge is 0.481 e. The Balaban J connectivity index is 1.30. The molecule has 4 aliphatic rings. The Kier molecular flexibility index (Phi) is 5.29. The Labute approximate surface area is 169 Å². The molecule has 9 atom stereocenters. The van der Waals surface area contributed by atoms with Gasteiger partial charge in [-0.2, -0.15) is 0 Å². The quantitative estimate of drug-likeness (QED) is 0.500. The summed E-state index contributed by atoms with van der Waals surface area (Å²) < 4.78 is 0. The lowest BCUT2D eigenvalue weighted by molar-refractivity contribution is -0.150. The summed E-state index contributed by atoms with van der Waals surface area (Å²) in [4.78, 5) is 48.6. The van der Waals surface area contributed by atoms with Gasteiger partial charge in [0.05, 0.1) is 23.7 Å². The van der Waals surface area contributed by atoms with Crippen LogP contribution in [0.3, 0.4) is 0 Å². The highest BCUT2D eigenvalue weighted by atomic mass is 16.4. The molecular weight excluding hydrogens is 376 g/mol. The van der Waals surface area contributed by atoms with Crippen LogP contribution in [0.5, 0.6) is 0 Å². The van der Waals surface area contributed by atoms with Gasteiger partial charge in [0.15, 0.2) is 0 Å². The van der Waals surface area contributed by atoms with Gasteiger partial charge in [-0.3, -0.25) is 19.2 Å². The molecule has 4 fully saturated rings. The summed E-state index contributed by atoms with van der Waals surface area (Å²) in [5.74, 6) is -4.02. The lowest BCUT2D eigenvalue weighted by atomic mass is 9.78. The highest BCUT2D eigenvalue weighted by molar-refractivity contribution is 5.87. The van der Waals surface area contributed by atoms with Crippen LogP contribution >= 0.6 is 0 Å². The van der Waals surface area contributed by atoms with Crippen LogP contribution in [-0.4, -0.2) is 46.6 Å². The first kappa shape index (κ1) is 20.2. The highest BCUT2D eigenvalue weighted by Crippen LogP contribution is 2.53. The van der Waals surface area contributed by atoms with Crippen molar-refractivity contribution in [1.29, 1.82) is 0 Å². The zero-order valence-electron chi connectivity index (χ0n) is 16.7. The third-order valence-electron chi connectivity index (χ3n) is 7.98. The number of nitrogens with one attached hydrogen (secondary N) is 2. The third kappa shape index (κ3) is 3.51. The lowest BCUT2D eigenvalue weighted by Crippen LogP contribution is -2.49. The predicted octanol–water partition coefficient (Wildman–Crippen LogP) is 1.10. The molecule has 0 heterocycles. The maximum absolute atomic E-state index is 12.7. The molecular formula is C21H30N2O6. The molecule has 0 spiro atoms. The zero-order valence-corrected chi connectivity index (χ0v) is 16.7. The number of amides is 2. The minimum absolute atomic E-state index is 0.0917. The number of carboxylic acids is 2. The van der Waals surface area contributed by atoms with Gasteiger partial charge in [-0.25, -0.2) is 0 Å². The molecule has 4 saturated carbocycles. The third-order valence-corrected chi connectivity index (χ3v) is 7.98. The van der Waals surface area contributed by atoms with Crippen molar-refractivity contribution < 1.29 is 29.4 Å². The Hall–Kier alpha value is -2.12. The second-order valence-corrected chi connectivity index (χ2v) is 9.60. The number of carbonyl (C=O) groups is 4. The molecule has 0 aromatic rings. The smallest absolute Gasteiger partial charge is 0.307 e. The standard InChI is InChI=1S/C21H30N2O6/c1-9(23-19(25)15-11-3-5-13(7-11)17(15)21(28)29)8-22-18(24)14-10-2-4-12(6-10)16(14)20(26)27/h9-17H,2-8H2,1H3,(H,22,24)(H,23,25)(H,26,27)(H,28,29). The number of carbonyl (C=O) groups excluding carboxylic acids is 2. The SMILES string of the molecule is CC(CNC(=O)C1C2CCC(C2)C1C(=O)O)NC(=O)C1C2CCC(C2)C1C(=O)O. The molecule has 2 amide bonds. The molecule has 0 aliphatic heterocycles. The second kappa shape index (κ2) is 7.61. The topological polar surface area (TPSA) is 133 Å². The van der Waals surface area contributed by atoms with Gasteiger partial charge in [-0.05, 0) is 69.1 Å². The van der Waals surface area contributed by atoms with Gasteiger partial charge in [0.25, 0.3) is 0 Å². The van der Waals surface area contributed by atoms with Gasteiger partial charge < -0.3 is 20.8 Å². The first-order chi connectivity index (χ1) is 13.8. The van der Waals surface area contributed by atoms with Crippen molar-refractivity contribution in [3.8, 4) is 0 Å². The number of aliphatic carboxylic acids is 2. The molecule has 4 rings (SSSR count). The van der Waals surface area contributed by atoms with Gasteiger partial charge in [-0.15, -0.1) is 0 Å². The van der Waals surface area contributed by atoms with E-state index in [2.05, 4.69) is 10.6 Å². The predicted molar refractivity (Wildman–Crippen MR) is 102 cm³/mol. The maximum Gasteiger partial charge on any atom is 0.307 e. The van der Waals surface area contributed by atoms with Gasteiger partial charge >= 0.3 is 11.9 Å². The Morgan fingerprint density at radius 1 is 0.759 bits per heavy atom. The summed E-state index contributed by atoms with van der Waals surface area (Å²) >= 11 is 0. The number of carboxylic acid groups (broad SMARTS) is 2. The van der Waals surface area contributed by atoms with E-state index in [1.165, 1.54) is 0 Å². The van der Waals surface area contributed by atoms with Gasteiger partial charge in [0, 0.05) is 12.6 Å². The molecule has 8 heteroatoms. The summed E-state index contributed by atoms with van der Waals surface area (Å²) in [6.07, 6.45) is 5.18. The van der Waals surface area contributed by atoms with E-state index in [-0.39, 0.29) is 48.1 Å². The van der Waals surface area contributed by atoms with Crippen molar-refractivity contribution in [1.82, 2.24) is 10.6 Å². The average molecular weight is 406 g/mol. The van der Waals surface area contributed by atoms with Crippen molar-refractivity contribution in [2.24, 2.45) is 47.3 Å². The highest BCUT2D eigenvalue weighted by Gasteiger charge is 2.55. The van der Waals surface area contributed by atoms with E-state index in [0.29, 0.717) is 0 Å². The van der Waals surface area contributed by atoms with Crippen LogP contribution < -0.4 is 10.6 Å². The van der Waals surface area contributed by atoms with Crippen molar-refractivity contribution >= 4 is 23.8 Å². The van der Waals surface area contributed by atoms with Gasteiger partial charge in [0.1, 0.15) is 0 Å². The fraction of sp³-hybridized carbons (Fsp3) is 0.810. The van der Waals surface area contributed by atoms with E-state index >= 15 is 0 Å². The van der Waals surface area contributed by atoms with Gasteiger partial charge in [-0.1, -0.05) is 0 Å². The Bertz CT molecular complexity index is 724. The van der Waals surface area contributed by atoms with Crippen molar-refractivity contribution in [2.75, 3.05) is 6.54 Å². The molecule has 4 aliphatic carbocycles. The van der Waals surface area contributed by atoms with E-state index in [1.54, 1.807) is 6.92 Å². The molecule has 160 valence electrons. The number of fused-ring (bicyclic) bond motifs is 4. The molecule has 29 heavy (non-hydrogen) atoms. The molecule has 0 aromatic carbocycles. The summed E-state index contributed by atoms with van der Waals surface area (Å²) in [6, 6.07) is -0.345. The monoisotopic (exact) mass is 406 g/mol. The first-order valence-electron chi connectivity index (χ1n) is 10.8. The van der Waals surface area contributed by atoms with Crippen LogP contribution in [0.4, 0.5) is 0 Å². The Morgan fingerprint density at radius 2 is 1.17 bits per heavy atom. The van der Waals surface area contributed by atoms with Crippen LogP contribution in [0.25, 0.3) is 0 Å². The van der Waals surface area contributed by atoms with Crippen LogP contribution in [0.1, 0.15) is 45.4 Å². The number of rotatable bonds is 7. The van der Waals surface area contributed by atoms with Crippen LogP contribution in [0, 0.1) is 47.3 Å². The maximum atomic E-state index is 12.7. The minimum atomic E-state index is -0.894. The minimum Gasteiger partial charge on any atom is -0.481 e. The van der Waals surface area contributed by atoms with E-state index in [1.807, 2.05) is 0 Å². The van der Waals surface area contributed by atoms with Crippen LogP contribution in [0.15, 0.2) is 0 Å². The second-order valence-electron chi connectivity index (χ2n) is 9.60. The summed E-state index contributed by atoms with van der Waals surface area (Å²) in [5, 5.41) is 24.7. The van der Waals surface area contributed by atoms with E-state index in [9.17, 15) is 29.4 Å². The fourth-order valence-corrected chi connectivity index (χ4v) is 6.81. The summed E-state index contributed by atoms with van der Waals surface area (Å²) in [6.45, 7) is 1.99. The molecule has 4 N–H and O–H groups in total. The summed E-state index contributed by atoms with van der Waals surface area (Å²) in [7, 11) is 0. The van der Waals surface area contributed by atoms with Crippen molar-refractivity contribution in [2.45, 2.75) is 51.5 Å². The molecule has 0 radical (unpaired) electrons.